The lowest BCUT2D eigenvalue weighted by molar-refractivity contribution is 0.121. The summed E-state index contributed by atoms with van der Waals surface area (Å²) in [5.41, 5.74) is 0.524. The molecule has 0 unspecified atom stereocenters. The van der Waals surface area contributed by atoms with Crippen molar-refractivity contribution in [3.63, 3.8) is 0 Å². The van der Waals surface area contributed by atoms with Gasteiger partial charge in [-0.2, -0.15) is 0 Å². The molecule has 0 radical (unpaired) electrons. The lowest BCUT2D eigenvalue weighted by Gasteiger charge is -2.36. The van der Waals surface area contributed by atoms with Crippen molar-refractivity contribution >= 4 is 28.5 Å². The van der Waals surface area contributed by atoms with Crippen molar-refractivity contribution in [2.75, 3.05) is 67.2 Å². The molecule has 3 aromatic rings. The van der Waals surface area contributed by atoms with Crippen LogP contribution in [0.3, 0.4) is 0 Å². The number of pyridine rings is 2. The van der Waals surface area contributed by atoms with E-state index in [4.69, 9.17) is 9.15 Å². The molecule has 0 N–H and O–H groups in total. The predicted octanol–water partition coefficient (Wildman–Crippen LogP) is 1.75. The molecule has 5 rings (SSSR count). The summed E-state index contributed by atoms with van der Waals surface area (Å²) in [6.45, 7) is 5.95. The minimum atomic E-state index is -0.0384. The molecule has 0 spiro atoms. The maximum atomic E-state index is 12.7. The SMILES string of the molecule is O=c1cc(N2CCOCC2)oc2c(N3CCN(c4ccccn4)CC3)nccc12. The van der Waals surface area contributed by atoms with Crippen LogP contribution in [0.25, 0.3) is 11.0 Å². The average Bonchev–Trinajstić information content (AvgIpc) is 2.80. The van der Waals surface area contributed by atoms with Gasteiger partial charge in [-0.1, -0.05) is 6.07 Å². The molecule has 2 fully saturated rings. The molecular formula is C21H23N5O3. The Bertz CT molecular complexity index is 1040. The van der Waals surface area contributed by atoms with Gasteiger partial charge in [-0.3, -0.25) is 4.79 Å². The Morgan fingerprint density at radius 3 is 2.38 bits per heavy atom. The summed E-state index contributed by atoms with van der Waals surface area (Å²) in [6, 6.07) is 9.27. The van der Waals surface area contributed by atoms with Crippen molar-refractivity contribution in [3.8, 4) is 0 Å². The van der Waals surface area contributed by atoms with E-state index in [0.717, 1.165) is 37.8 Å². The first-order valence-electron chi connectivity index (χ1n) is 9.96. The quantitative estimate of drug-likeness (QED) is 0.666. The molecule has 0 amide bonds. The van der Waals surface area contributed by atoms with E-state index < -0.39 is 0 Å². The molecule has 8 heteroatoms. The third-order valence-electron chi connectivity index (χ3n) is 5.49. The molecule has 2 aliphatic heterocycles. The first-order valence-corrected chi connectivity index (χ1v) is 9.96. The molecule has 8 nitrogen and oxygen atoms in total. The molecule has 0 bridgehead atoms. The van der Waals surface area contributed by atoms with Gasteiger partial charge in [-0.25, -0.2) is 9.97 Å². The first kappa shape index (κ1) is 17.9. The molecule has 0 aromatic carbocycles. The van der Waals surface area contributed by atoms with Gasteiger partial charge < -0.3 is 23.9 Å². The van der Waals surface area contributed by atoms with Crippen molar-refractivity contribution in [3.05, 3.63) is 52.9 Å². The number of aromatic nitrogens is 2. The van der Waals surface area contributed by atoms with Gasteiger partial charge in [-0.15, -0.1) is 0 Å². The monoisotopic (exact) mass is 393 g/mol. The van der Waals surface area contributed by atoms with Crippen LogP contribution in [0.5, 0.6) is 0 Å². The number of morpholine rings is 1. The molecule has 29 heavy (non-hydrogen) atoms. The molecule has 2 saturated heterocycles. The van der Waals surface area contributed by atoms with E-state index in [2.05, 4.69) is 24.7 Å². The summed E-state index contributed by atoms with van der Waals surface area (Å²) in [4.78, 5) is 28.3. The molecule has 2 aliphatic rings. The third-order valence-corrected chi connectivity index (χ3v) is 5.49. The highest BCUT2D eigenvalue weighted by Gasteiger charge is 2.23. The van der Waals surface area contributed by atoms with E-state index in [0.29, 0.717) is 43.2 Å². The number of hydrogen-bond donors (Lipinski definition) is 0. The Balaban J connectivity index is 1.44. The smallest absolute Gasteiger partial charge is 0.200 e. The molecule has 0 aliphatic carbocycles. The van der Waals surface area contributed by atoms with Crippen molar-refractivity contribution in [1.82, 2.24) is 9.97 Å². The van der Waals surface area contributed by atoms with Crippen LogP contribution < -0.4 is 20.1 Å². The highest BCUT2D eigenvalue weighted by Crippen LogP contribution is 2.28. The second-order valence-electron chi connectivity index (χ2n) is 7.22. The minimum absolute atomic E-state index is 0.0384. The Morgan fingerprint density at radius 1 is 0.828 bits per heavy atom. The van der Waals surface area contributed by atoms with Gasteiger partial charge in [0, 0.05) is 57.7 Å². The number of hydrogen-bond acceptors (Lipinski definition) is 8. The van der Waals surface area contributed by atoms with Crippen LogP contribution in [0.1, 0.15) is 0 Å². The number of fused-ring (bicyclic) bond motifs is 1. The van der Waals surface area contributed by atoms with Crippen LogP contribution in [0.4, 0.5) is 17.5 Å². The fraction of sp³-hybridized carbons (Fsp3) is 0.381. The van der Waals surface area contributed by atoms with E-state index in [1.807, 2.05) is 24.4 Å². The topological polar surface area (TPSA) is 74.9 Å². The molecule has 0 saturated carbocycles. The highest BCUT2D eigenvalue weighted by atomic mass is 16.5. The zero-order valence-corrected chi connectivity index (χ0v) is 16.2. The summed E-state index contributed by atoms with van der Waals surface area (Å²) in [7, 11) is 0. The fourth-order valence-electron chi connectivity index (χ4n) is 3.91. The summed E-state index contributed by atoms with van der Waals surface area (Å²) in [6.07, 6.45) is 3.50. The first-order chi connectivity index (χ1) is 14.3. The van der Waals surface area contributed by atoms with Crippen molar-refractivity contribution in [2.45, 2.75) is 0 Å². The van der Waals surface area contributed by atoms with Crippen LogP contribution in [-0.4, -0.2) is 62.5 Å². The molecule has 0 atom stereocenters. The number of nitrogens with zero attached hydrogens (tertiary/aromatic N) is 5. The summed E-state index contributed by atoms with van der Waals surface area (Å²) < 4.78 is 11.6. The fourth-order valence-corrected chi connectivity index (χ4v) is 3.91. The maximum absolute atomic E-state index is 12.7. The zero-order chi connectivity index (χ0) is 19.6. The van der Waals surface area contributed by atoms with Gasteiger partial charge in [0.1, 0.15) is 5.82 Å². The number of ether oxygens (including phenoxy) is 1. The molecular weight excluding hydrogens is 370 g/mol. The van der Waals surface area contributed by atoms with Crippen molar-refractivity contribution in [2.24, 2.45) is 0 Å². The van der Waals surface area contributed by atoms with Crippen LogP contribution in [0, 0.1) is 0 Å². The van der Waals surface area contributed by atoms with Crippen molar-refractivity contribution in [1.29, 1.82) is 0 Å². The normalized spacial score (nSPS) is 17.7. The van der Waals surface area contributed by atoms with Gasteiger partial charge in [-0.05, 0) is 18.2 Å². The van der Waals surface area contributed by atoms with E-state index in [1.54, 1.807) is 18.3 Å². The number of rotatable bonds is 3. The molecule has 3 aromatic heterocycles. The van der Waals surface area contributed by atoms with Crippen LogP contribution >= 0.6 is 0 Å². The van der Waals surface area contributed by atoms with E-state index >= 15 is 0 Å². The zero-order valence-electron chi connectivity index (χ0n) is 16.2. The third kappa shape index (κ3) is 3.51. The predicted molar refractivity (Wildman–Crippen MR) is 112 cm³/mol. The molecule has 150 valence electrons. The van der Waals surface area contributed by atoms with Gasteiger partial charge >= 0.3 is 0 Å². The van der Waals surface area contributed by atoms with E-state index in [1.165, 1.54) is 0 Å². The summed E-state index contributed by atoms with van der Waals surface area (Å²) in [5, 5.41) is 0.569. The lowest BCUT2D eigenvalue weighted by Crippen LogP contribution is -2.47. The van der Waals surface area contributed by atoms with Crippen LogP contribution in [0.2, 0.25) is 0 Å². The van der Waals surface area contributed by atoms with Gasteiger partial charge in [0.05, 0.1) is 18.6 Å². The Morgan fingerprint density at radius 2 is 1.62 bits per heavy atom. The van der Waals surface area contributed by atoms with Crippen molar-refractivity contribution < 1.29 is 9.15 Å². The Labute approximate surface area is 168 Å². The minimum Gasteiger partial charge on any atom is -0.436 e. The number of piperazine rings is 1. The largest absolute Gasteiger partial charge is 0.436 e. The van der Waals surface area contributed by atoms with Gasteiger partial charge in [0.15, 0.2) is 22.7 Å². The highest BCUT2D eigenvalue weighted by molar-refractivity contribution is 5.87. The van der Waals surface area contributed by atoms with E-state index in [-0.39, 0.29) is 5.43 Å². The van der Waals surface area contributed by atoms with E-state index in [9.17, 15) is 4.79 Å². The lowest BCUT2D eigenvalue weighted by atomic mass is 10.2. The van der Waals surface area contributed by atoms with Gasteiger partial charge in [0.25, 0.3) is 0 Å². The van der Waals surface area contributed by atoms with Crippen LogP contribution in [0.15, 0.2) is 51.9 Å². The van der Waals surface area contributed by atoms with Crippen LogP contribution in [-0.2, 0) is 4.74 Å². The second-order valence-corrected chi connectivity index (χ2v) is 7.22. The summed E-state index contributed by atoms with van der Waals surface area (Å²) in [5.74, 6) is 2.31. The standard InChI is InChI=1S/C21H23N5O3/c27-17-15-19(25-11-13-28-14-12-25)29-20-16(17)4-6-23-21(20)26-9-7-24(8-10-26)18-3-1-2-5-22-18/h1-6,15H,7-14H2. The Kier molecular flexibility index (Phi) is 4.77. The average molecular weight is 393 g/mol. The molecule has 5 heterocycles. The number of anilines is 3. The summed E-state index contributed by atoms with van der Waals surface area (Å²) >= 11 is 0. The van der Waals surface area contributed by atoms with Gasteiger partial charge in [0.2, 0.25) is 0 Å². The Hall–Kier alpha value is -3.13. The second kappa shape index (κ2) is 7.71. The maximum Gasteiger partial charge on any atom is 0.200 e.